The van der Waals surface area contributed by atoms with Crippen LogP contribution in [-0.2, 0) is 11.3 Å². The molecule has 0 saturated carbocycles. The maximum atomic E-state index is 12.0. The van der Waals surface area contributed by atoms with Crippen LogP contribution in [0.25, 0.3) is 0 Å². The quantitative estimate of drug-likeness (QED) is 0.918. The molecule has 1 aromatic carbocycles. The van der Waals surface area contributed by atoms with Gasteiger partial charge in [0.25, 0.3) is 5.91 Å². The van der Waals surface area contributed by atoms with E-state index in [9.17, 15) is 4.79 Å². The fourth-order valence-electron chi connectivity index (χ4n) is 2.10. The molecule has 1 atom stereocenters. The number of amides is 1. The molecule has 0 aliphatic heterocycles. The van der Waals surface area contributed by atoms with Crippen molar-refractivity contribution >= 4 is 5.91 Å². The zero-order valence-corrected chi connectivity index (χ0v) is 12.9. The van der Waals surface area contributed by atoms with Gasteiger partial charge in [-0.25, -0.2) is 0 Å². The molecular formula is C17H21NO3. The first kappa shape index (κ1) is 15.2. The number of aryl methyl sites for hydroxylation is 2. The largest absolute Gasteiger partial charge is 0.481 e. The maximum absolute atomic E-state index is 12.0. The second-order valence-corrected chi connectivity index (χ2v) is 5.26. The van der Waals surface area contributed by atoms with Crippen LogP contribution in [0.15, 0.2) is 34.9 Å². The fourth-order valence-corrected chi connectivity index (χ4v) is 2.10. The van der Waals surface area contributed by atoms with Gasteiger partial charge < -0.3 is 14.5 Å². The Morgan fingerprint density at radius 1 is 1.33 bits per heavy atom. The second kappa shape index (κ2) is 6.48. The Morgan fingerprint density at radius 3 is 2.76 bits per heavy atom. The molecule has 0 saturated heterocycles. The molecule has 4 nitrogen and oxygen atoms in total. The van der Waals surface area contributed by atoms with Crippen molar-refractivity contribution < 1.29 is 13.9 Å². The number of nitrogens with one attached hydrogen (secondary N) is 1. The van der Waals surface area contributed by atoms with Crippen molar-refractivity contribution in [2.75, 3.05) is 0 Å². The lowest BCUT2D eigenvalue weighted by atomic mass is 10.1. The molecule has 0 radical (unpaired) electrons. The Balaban J connectivity index is 1.97. The molecule has 2 rings (SSSR count). The van der Waals surface area contributed by atoms with Crippen LogP contribution in [0.3, 0.4) is 0 Å². The fraction of sp³-hybridized carbons (Fsp3) is 0.353. The first-order valence-corrected chi connectivity index (χ1v) is 7.02. The first-order valence-electron chi connectivity index (χ1n) is 7.02. The van der Waals surface area contributed by atoms with Gasteiger partial charge in [0.2, 0.25) is 0 Å². The Morgan fingerprint density at radius 2 is 2.10 bits per heavy atom. The molecule has 1 unspecified atom stereocenters. The zero-order chi connectivity index (χ0) is 15.4. The summed E-state index contributed by atoms with van der Waals surface area (Å²) in [5, 5.41) is 2.80. The number of ether oxygens (including phenoxy) is 1. The van der Waals surface area contributed by atoms with Crippen LogP contribution in [-0.4, -0.2) is 12.0 Å². The lowest BCUT2D eigenvalue weighted by molar-refractivity contribution is -0.127. The summed E-state index contributed by atoms with van der Waals surface area (Å²) in [6, 6.07) is 7.67. The number of benzene rings is 1. The Kier molecular flexibility index (Phi) is 4.68. The zero-order valence-electron chi connectivity index (χ0n) is 12.9. The smallest absolute Gasteiger partial charge is 0.261 e. The van der Waals surface area contributed by atoms with E-state index in [0.717, 1.165) is 28.2 Å². The Labute approximate surface area is 125 Å². The van der Waals surface area contributed by atoms with Crippen molar-refractivity contribution in [3.63, 3.8) is 0 Å². The van der Waals surface area contributed by atoms with Crippen molar-refractivity contribution in [3.05, 3.63) is 53.0 Å². The third-order valence-electron chi connectivity index (χ3n) is 3.45. The Hall–Kier alpha value is -2.23. The van der Waals surface area contributed by atoms with Crippen molar-refractivity contribution in [2.45, 2.75) is 40.3 Å². The van der Waals surface area contributed by atoms with Crippen molar-refractivity contribution in [1.29, 1.82) is 0 Å². The van der Waals surface area contributed by atoms with Gasteiger partial charge in [-0.1, -0.05) is 6.07 Å². The van der Waals surface area contributed by atoms with E-state index in [1.165, 1.54) is 0 Å². The second-order valence-electron chi connectivity index (χ2n) is 5.26. The monoisotopic (exact) mass is 287 g/mol. The molecule has 1 N–H and O–H groups in total. The summed E-state index contributed by atoms with van der Waals surface area (Å²) in [4.78, 5) is 12.0. The highest BCUT2D eigenvalue weighted by molar-refractivity contribution is 5.80. The van der Waals surface area contributed by atoms with Gasteiger partial charge in [0.05, 0.1) is 12.8 Å². The van der Waals surface area contributed by atoms with Gasteiger partial charge in [0.15, 0.2) is 6.10 Å². The molecular weight excluding hydrogens is 266 g/mol. The maximum Gasteiger partial charge on any atom is 0.261 e. The molecule has 112 valence electrons. The van der Waals surface area contributed by atoms with E-state index in [1.807, 2.05) is 32.9 Å². The minimum atomic E-state index is -0.556. The van der Waals surface area contributed by atoms with Gasteiger partial charge >= 0.3 is 0 Å². The average Bonchev–Trinajstić information content (AvgIpc) is 2.94. The van der Waals surface area contributed by atoms with Gasteiger partial charge in [-0.2, -0.15) is 0 Å². The minimum Gasteiger partial charge on any atom is -0.481 e. The standard InChI is InChI=1S/C17H21NO3/c1-11-8-12(2)13(3)16(9-11)21-14(4)17(19)18-10-15-6-5-7-20-15/h5-9,14H,10H2,1-4H3,(H,18,19). The lowest BCUT2D eigenvalue weighted by Gasteiger charge is -2.17. The third-order valence-corrected chi connectivity index (χ3v) is 3.45. The summed E-state index contributed by atoms with van der Waals surface area (Å²) in [5.74, 6) is 1.32. The number of furan rings is 1. The number of hydrogen-bond donors (Lipinski definition) is 1. The van der Waals surface area contributed by atoms with Gasteiger partial charge in [-0.3, -0.25) is 4.79 Å². The average molecular weight is 287 g/mol. The van der Waals surface area contributed by atoms with E-state index in [1.54, 1.807) is 19.3 Å². The number of hydrogen-bond acceptors (Lipinski definition) is 3. The summed E-state index contributed by atoms with van der Waals surface area (Å²) >= 11 is 0. The number of carbonyl (C=O) groups excluding carboxylic acids is 1. The molecule has 21 heavy (non-hydrogen) atoms. The summed E-state index contributed by atoms with van der Waals surface area (Å²) in [6.45, 7) is 8.16. The van der Waals surface area contributed by atoms with Crippen molar-refractivity contribution in [2.24, 2.45) is 0 Å². The van der Waals surface area contributed by atoms with Crippen LogP contribution in [0.2, 0.25) is 0 Å². The summed E-state index contributed by atoms with van der Waals surface area (Å²) in [5.41, 5.74) is 3.34. The first-order chi connectivity index (χ1) is 9.97. The molecule has 0 aliphatic carbocycles. The molecule has 0 bridgehead atoms. The van der Waals surface area contributed by atoms with E-state index in [0.29, 0.717) is 6.54 Å². The van der Waals surface area contributed by atoms with E-state index in [2.05, 4.69) is 11.4 Å². The van der Waals surface area contributed by atoms with Crippen LogP contribution < -0.4 is 10.1 Å². The molecule has 1 aromatic heterocycles. The van der Waals surface area contributed by atoms with Crippen molar-refractivity contribution in [1.82, 2.24) is 5.32 Å². The summed E-state index contributed by atoms with van der Waals surface area (Å²) < 4.78 is 11.0. The van der Waals surface area contributed by atoms with Gasteiger partial charge in [0, 0.05) is 0 Å². The summed E-state index contributed by atoms with van der Waals surface area (Å²) in [6.07, 6.45) is 1.03. The molecule has 4 heteroatoms. The van der Waals surface area contributed by atoms with Crippen LogP contribution in [0.4, 0.5) is 0 Å². The number of rotatable bonds is 5. The molecule has 0 spiro atoms. The third kappa shape index (κ3) is 3.88. The van der Waals surface area contributed by atoms with Gasteiger partial charge in [-0.05, 0) is 62.6 Å². The topological polar surface area (TPSA) is 51.5 Å². The molecule has 0 aliphatic rings. The van der Waals surface area contributed by atoms with E-state index < -0.39 is 6.10 Å². The highest BCUT2D eigenvalue weighted by Crippen LogP contribution is 2.24. The predicted octanol–water partition coefficient (Wildman–Crippen LogP) is 3.29. The van der Waals surface area contributed by atoms with Gasteiger partial charge in [0.1, 0.15) is 11.5 Å². The van der Waals surface area contributed by atoms with Crippen LogP contribution in [0, 0.1) is 20.8 Å². The van der Waals surface area contributed by atoms with Crippen LogP contribution in [0.1, 0.15) is 29.4 Å². The SMILES string of the molecule is Cc1cc(C)c(C)c(OC(C)C(=O)NCc2ccco2)c1. The van der Waals surface area contributed by atoms with E-state index in [4.69, 9.17) is 9.15 Å². The van der Waals surface area contributed by atoms with E-state index in [-0.39, 0.29) is 5.91 Å². The summed E-state index contributed by atoms with van der Waals surface area (Å²) in [7, 11) is 0. The molecule has 2 aromatic rings. The number of carbonyl (C=O) groups is 1. The van der Waals surface area contributed by atoms with Crippen LogP contribution in [0.5, 0.6) is 5.75 Å². The highest BCUT2D eigenvalue weighted by Gasteiger charge is 2.16. The normalized spacial score (nSPS) is 12.0. The van der Waals surface area contributed by atoms with Crippen LogP contribution >= 0.6 is 0 Å². The Bertz CT molecular complexity index is 617. The predicted molar refractivity (Wildman–Crippen MR) is 81.3 cm³/mol. The molecule has 1 amide bonds. The highest BCUT2D eigenvalue weighted by atomic mass is 16.5. The lowest BCUT2D eigenvalue weighted by Crippen LogP contribution is -2.36. The van der Waals surface area contributed by atoms with Gasteiger partial charge in [-0.15, -0.1) is 0 Å². The minimum absolute atomic E-state index is 0.162. The van der Waals surface area contributed by atoms with Crippen molar-refractivity contribution in [3.8, 4) is 5.75 Å². The van der Waals surface area contributed by atoms with E-state index >= 15 is 0 Å². The molecule has 0 fully saturated rings. The molecule has 1 heterocycles.